The number of halogens is 1. The van der Waals surface area contributed by atoms with Gasteiger partial charge in [-0.25, -0.2) is 0 Å². The monoisotopic (exact) mass is 428 g/mol. The molecule has 0 aliphatic heterocycles. The van der Waals surface area contributed by atoms with Gasteiger partial charge in [0.15, 0.2) is 5.11 Å². The van der Waals surface area contributed by atoms with Crippen molar-refractivity contribution in [2.24, 2.45) is 0 Å². The van der Waals surface area contributed by atoms with Crippen LogP contribution in [0.4, 0.5) is 5.69 Å². The standard InChI is InChI=1S/C20H17BrN2O2S/c1-2-25-14-11-9-13(10-12-14)22-20(26)23-19(24)17-7-3-6-16-15(17)5-4-8-18(16)21/h3-12H,2H2,1H3,(H2,22,23,24,26). The number of hydrogen-bond acceptors (Lipinski definition) is 3. The average Bonchev–Trinajstić information content (AvgIpc) is 2.63. The molecule has 2 N–H and O–H groups in total. The summed E-state index contributed by atoms with van der Waals surface area (Å²) in [7, 11) is 0. The summed E-state index contributed by atoms with van der Waals surface area (Å²) in [4.78, 5) is 12.6. The van der Waals surface area contributed by atoms with Gasteiger partial charge in [-0.05, 0) is 66.3 Å². The Morgan fingerprint density at radius 1 is 1.04 bits per heavy atom. The molecule has 0 aromatic heterocycles. The molecule has 3 aromatic rings. The molecule has 26 heavy (non-hydrogen) atoms. The predicted molar refractivity (Wildman–Crippen MR) is 113 cm³/mol. The van der Waals surface area contributed by atoms with Crippen LogP contribution in [0.1, 0.15) is 17.3 Å². The minimum atomic E-state index is -0.253. The Morgan fingerprint density at radius 3 is 2.46 bits per heavy atom. The Labute approximate surface area is 165 Å². The van der Waals surface area contributed by atoms with Crippen LogP contribution >= 0.6 is 28.1 Å². The topological polar surface area (TPSA) is 50.4 Å². The lowest BCUT2D eigenvalue weighted by molar-refractivity contribution is 0.0979. The number of nitrogens with one attached hydrogen (secondary N) is 2. The molecule has 6 heteroatoms. The SMILES string of the molecule is CCOc1ccc(NC(=S)NC(=O)c2cccc3c(Br)cccc23)cc1. The highest BCUT2D eigenvalue weighted by atomic mass is 79.9. The fraction of sp³-hybridized carbons (Fsp3) is 0.100. The number of carbonyl (C=O) groups is 1. The third-order valence-corrected chi connectivity index (χ3v) is 4.66. The summed E-state index contributed by atoms with van der Waals surface area (Å²) in [6.45, 7) is 2.55. The van der Waals surface area contributed by atoms with E-state index in [1.54, 1.807) is 6.07 Å². The maximum atomic E-state index is 12.6. The van der Waals surface area contributed by atoms with Gasteiger partial charge in [0.1, 0.15) is 5.75 Å². The molecule has 132 valence electrons. The number of benzene rings is 3. The molecule has 3 rings (SSSR count). The van der Waals surface area contributed by atoms with E-state index in [0.29, 0.717) is 12.2 Å². The van der Waals surface area contributed by atoms with Gasteiger partial charge in [-0.2, -0.15) is 0 Å². The van der Waals surface area contributed by atoms with Gasteiger partial charge in [0.05, 0.1) is 6.61 Å². The minimum Gasteiger partial charge on any atom is -0.494 e. The summed E-state index contributed by atoms with van der Waals surface area (Å²) < 4.78 is 6.35. The summed E-state index contributed by atoms with van der Waals surface area (Å²) in [6.07, 6.45) is 0. The highest BCUT2D eigenvalue weighted by Crippen LogP contribution is 2.26. The quantitative estimate of drug-likeness (QED) is 0.565. The highest BCUT2D eigenvalue weighted by molar-refractivity contribution is 9.10. The van der Waals surface area contributed by atoms with Crippen molar-refractivity contribution < 1.29 is 9.53 Å². The smallest absolute Gasteiger partial charge is 0.258 e. The first-order chi connectivity index (χ1) is 12.6. The van der Waals surface area contributed by atoms with Gasteiger partial charge >= 0.3 is 0 Å². The van der Waals surface area contributed by atoms with Crippen LogP contribution in [0.15, 0.2) is 65.1 Å². The van der Waals surface area contributed by atoms with Gasteiger partial charge in [-0.3, -0.25) is 10.1 Å². The number of carbonyl (C=O) groups excluding carboxylic acids is 1. The lowest BCUT2D eigenvalue weighted by atomic mass is 10.0. The molecule has 0 saturated carbocycles. The van der Waals surface area contributed by atoms with E-state index in [0.717, 1.165) is 26.7 Å². The Morgan fingerprint density at radius 2 is 1.73 bits per heavy atom. The van der Waals surface area contributed by atoms with Crippen LogP contribution in [0.2, 0.25) is 0 Å². The molecular formula is C20H17BrN2O2S. The van der Waals surface area contributed by atoms with E-state index in [2.05, 4.69) is 26.6 Å². The zero-order valence-electron chi connectivity index (χ0n) is 14.1. The molecule has 0 aliphatic rings. The first-order valence-corrected chi connectivity index (χ1v) is 9.31. The summed E-state index contributed by atoms with van der Waals surface area (Å²) in [5.74, 6) is 0.534. The number of rotatable bonds is 4. The normalized spacial score (nSPS) is 10.4. The number of thiocarbonyl (C=S) groups is 1. The molecule has 0 aliphatic carbocycles. The molecule has 3 aromatic carbocycles. The van der Waals surface area contributed by atoms with Crippen molar-refractivity contribution in [3.8, 4) is 5.75 Å². The van der Waals surface area contributed by atoms with Gasteiger partial charge < -0.3 is 10.1 Å². The zero-order chi connectivity index (χ0) is 18.5. The summed E-state index contributed by atoms with van der Waals surface area (Å²) in [5, 5.41) is 7.82. The molecule has 0 fully saturated rings. The molecule has 0 spiro atoms. The van der Waals surface area contributed by atoms with Crippen LogP contribution in [0, 0.1) is 0 Å². The Balaban J connectivity index is 1.72. The van der Waals surface area contributed by atoms with E-state index in [9.17, 15) is 4.79 Å². The first kappa shape index (κ1) is 18.4. The van der Waals surface area contributed by atoms with Gasteiger partial charge in [0, 0.05) is 15.7 Å². The Bertz CT molecular complexity index is 958. The van der Waals surface area contributed by atoms with Crippen LogP contribution in [-0.4, -0.2) is 17.6 Å². The van der Waals surface area contributed by atoms with Crippen LogP contribution in [0.25, 0.3) is 10.8 Å². The van der Waals surface area contributed by atoms with Crippen LogP contribution in [-0.2, 0) is 0 Å². The van der Waals surface area contributed by atoms with E-state index in [4.69, 9.17) is 17.0 Å². The molecular weight excluding hydrogens is 412 g/mol. The van der Waals surface area contributed by atoms with Crippen molar-refractivity contribution in [3.63, 3.8) is 0 Å². The average molecular weight is 429 g/mol. The largest absolute Gasteiger partial charge is 0.494 e. The Kier molecular flexibility index (Phi) is 5.85. The van der Waals surface area contributed by atoms with E-state index in [1.165, 1.54) is 0 Å². The molecule has 0 bridgehead atoms. The molecule has 0 unspecified atom stereocenters. The van der Waals surface area contributed by atoms with Crippen molar-refractivity contribution in [2.45, 2.75) is 6.92 Å². The van der Waals surface area contributed by atoms with E-state index >= 15 is 0 Å². The molecule has 1 amide bonds. The second-order valence-corrected chi connectivity index (χ2v) is 6.77. The van der Waals surface area contributed by atoms with Crippen molar-refractivity contribution >= 4 is 55.6 Å². The third-order valence-electron chi connectivity index (χ3n) is 3.76. The third kappa shape index (κ3) is 4.20. The fourth-order valence-corrected chi connectivity index (χ4v) is 3.31. The second-order valence-electron chi connectivity index (χ2n) is 5.51. The van der Waals surface area contributed by atoms with Crippen LogP contribution < -0.4 is 15.4 Å². The second kappa shape index (κ2) is 8.29. The van der Waals surface area contributed by atoms with Crippen molar-refractivity contribution in [3.05, 3.63) is 70.7 Å². The number of hydrogen-bond donors (Lipinski definition) is 2. The first-order valence-electron chi connectivity index (χ1n) is 8.11. The molecule has 0 atom stereocenters. The van der Waals surface area contributed by atoms with E-state index in [1.807, 2.05) is 61.5 Å². The van der Waals surface area contributed by atoms with Crippen molar-refractivity contribution in [2.75, 3.05) is 11.9 Å². The maximum absolute atomic E-state index is 12.6. The lowest BCUT2D eigenvalue weighted by Crippen LogP contribution is -2.34. The number of ether oxygens (including phenoxy) is 1. The van der Waals surface area contributed by atoms with Gasteiger partial charge in [-0.15, -0.1) is 0 Å². The lowest BCUT2D eigenvalue weighted by Gasteiger charge is -2.12. The van der Waals surface area contributed by atoms with Gasteiger partial charge in [-0.1, -0.05) is 40.2 Å². The minimum absolute atomic E-state index is 0.242. The van der Waals surface area contributed by atoms with Crippen LogP contribution in [0.5, 0.6) is 5.75 Å². The van der Waals surface area contributed by atoms with Crippen molar-refractivity contribution in [1.82, 2.24) is 5.32 Å². The Hall–Kier alpha value is -2.44. The fourth-order valence-electron chi connectivity index (χ4n) is 2.60. The number of amides is 1. The number of anilines is 1. The highest BCUT2D eigenvalue weighted by Gasteiger charge is 2.12. The molecule has 0 radical (unpaired) electrons. The number of fused-ring (bicyclic) bond motifs is 1. The van der Waals surface area contributed by atoms with E-state index < -0.39 is 0 Å². The summed E-state index contributed by atoms with van der Waals surface area (Å²) in [6, 6.07) is 18.7. The van der Waals surface area contributed by atoms with Gasteiger partial charge in [0.25, 0.3) is 5.91 Å². The predicted octanol–water partition coefficient (Wildman–Crippen LogP) is 5.13. The van der Waals surface area contributed by atoms with Gasteiger partial charge in [0.2, 0.25) is 0 Å². The summed E-state index contributed by atoms with van der Waals surface area (Å²) in [5.41, 5.74) is 1.35. The summed E-state index contributed by atoms with van der Waals surface area (Å²) >= 11 is 8.77. The maximum Gasteiger partial charge on any atom is 0.258 e. The molecule has 0 heterocycles. The van der Waals surface area contributed by atoms with E-state index in [-0.39, 0.29) is 11.0 Å². The molecule has 4 nitrogen and oxygen atoms in total. The zero-order valence-corrected chi connectivity index (χ0v) is 16.5. The molecule has 0 saturated heterocycles. The van der Waals surface area contributed by atoms with Crippen molar-refractivity contribution in [1.29, 1.82) is 0 Å². The van der Waals surface area contributed by atoms with Crippen LogP contribution in [0.3, 0.4) is 0 Å².